The predicted molar refractivity (Wildman–Crippen MR) is 76.1 cm³/mol. The van der Waals surface area contributed by atoms with Gasteiger partial charge in [0.1, 0.15) is 0 Å². The second-order valence-corrected chi connectivity index (χ2v) is 5.86. The van der Waals surface area contributed by atoms with Gasteiger partial charge in [-0.3, -0.25) is 0 Å². The van der Waals surface area contributed by atoms with Crippen molar-refractivity contribution >= 4 is 50.0 Å². The summed E-state index contributed by atoms with van der Waals surface area (Å²) < 4.78 is 1.18. The van der Waals surface area contributed by atoms with Crippen LogP contribution in [-0.2, 0) is 0 Å². The monoisotopic (exact) mass is 272 g/mol. The molecule has 0 aliphatic carbocycles. The fraction of sp³-hybridized carbons (Fsp3) is 0.364. The molecule has 2 rings (SSSR count). The molecule has 0 saturated carbocycles. The molecule has 0 spiro atoms. The highest BCUT2D eigenvalue weighted by molar-refractivity contribution is 7.98. The number of nitrogens with zero attached hydrogens (tertiary/aromatic N) is 1. The largest absolute Gasteiger partial charge is 0.361 e. The van der Waals surface area contributed by atoms with Gasteiger partial charge >= 0.3 is 0 Å². The van der Waals surface area contributed by atoms with E-state index in [2.05, 4.69) is 16.6 Å². The van der Waals surface area contributed by atoms with Crippen LogP contribution in [0.15, 0.2) is 18.2 Å². The van der Waals surface area contributed by atoms with Crippen LogP contribution >= 0.6 is 34.7 Å². The zero-order valence-corrected chi connectivity index (χ0v) is 11.4. The Kier molecular flexibility index (Phi) is 4.32. The second kappa shape index (κ2) is 5.75. The number of benzene rings is 1. The van der Waals surface area contributed by atoms with E-state index in [4.69, 9.17) is 11.6 Å². The smallest absolute Gasteiger partial charge is 0.183 e. The van der Waals surface area contributed by atoms with Crippen molar-refractivity contribution in [1.82, 2.24) is 4.98 Å². The van der Waals surface area contributed by atoms with E-state index in [1.165, 1.54) is 10.5 Å². The zero-order valence-electron chi connectivity index (χ0n) is 9.00. The van der Waals surface area contributed by atoms with E-state index in [9.17, 15) is 0 Å². The molecule has 16 heavy (non-hydrogen) atoms. The van der Waals surface area contributed by atoms with Gasteiger partial charge in [0, 0.05) is 11.6 Å². The van der Waals surface area contributed by atoms with E-state index in [1.54, 1.807) is 11.3 Å². The van der Waals surface area contributed by atoms with E-state index in [-0.39, 0.29) is 0 Å². The molecule has 0 aliphatic rings. The van der Waals surface area contributed by atoms with E-state index in [0.717, 1.165) is 28.6 Å². The molecule has 0 radical (unpaired) electrons. The van der Waals surface area contributed by atoms with Crippen molar-refractivity contribution in [2.45, 2.75) is 6.42 Å². The molecule has 0 saturated heterocycles. The number of thioether (sulfide) groups is 1. The Bertz CT molecular complexity index is 470. The Balaban J connectivity index is 2.02. The average molecular weight is 273 g/mol. The lowest BCUT2D eigenvalue weighted by Crippen LogP contribution is -2.01. The summed E-state index contributed by atoms with van der Waals surface area (Å²) in [5, 5.41) is 5.07. The maximum Gasteiger partial charge on any atom is 0.183 e. The SMILES string of the molecule is CSCCCNc1nc2cc(Cl)ccc2s1. The third kappa shape index (κ3) is 3.03. The minimum Gasteiger partial charge on any atom is -0.361 e. The number of nitrogens with one attached hydrogen (secondary N) is 1. The number of thiazole rings is 1. The Morgan fingerprint density at radius 1 is 1.50 bits per heavy atom. The summed E-state index contributed by atoms with van der Waals surface area (Å²) in [4.78, 5) is 4.49. The van der Waals surface area contributed by atoms with Crippen LogP contribution in [0.5, 0.6) is 0 Å². The maximum atomic E-state index is 5.91. The molecule has 0 aliphatic heterocycles. The Morgan fingerprint density at radius 3 is 3.19 bits per heavy atom. The Morgan fingerprint density at radius 2 is 2.38 bits per heavy atom. The minimum absolute atomic E-state index is 0.742. The molecule has 0 atom stereocenters. The summed E-state index contributed by atoms with van der Waals surface area (Å²) >= 11 is 9.46. The molecular weight excluding hydrogens is 260 g/mol. The van der Waals surface area contributed by atoms with Crippen LogP contribution in [0.4, 0.5) is 5.13 Å². The summed E-state index contributed by atoms with van der Waals surface area (Å²) in [6.45, 7) is 0.981. The summed E-state index contributed by atoms with van der Waals surface area (Å²) in [6.07, 6.45) is 3.29. The first-order chi connectivity index (χ1) is 7.79. The van der Waals surface area contributed by atoms with Gasteiger partial charge in [-0.2, -0.15) is 11.8 Å². The first-order valence-corrected chi connectivity index (χ1v) is 7.67. The maximum absolute atomic E-state index is 5.91. The van der Waals surface area contributed by atoms with E-state index < -0.39 is 0 Å². The highest BCUT2D eigenvalue weighted by atomic mass is 35.5. The lowest BCUT2D eigenvalue weighted by Gasteiger charge is -1.99. The van der Waals surface area contributed by atoms with Gasteiger partial charge in [-0.05, 0) is 36.6 Å². The lowest BCUT2D eigenvalue weighted by molar-refractivity contribution is 0.991. The van der Waals surface area contributed by atoms with Gasteiger partial charge in [0.2, 0.25) is 0 Å². The number of fused-ring (bicyclic) bond motifs is 1. The average Bonchev–Trinajstić information content (AvgIpc) is 2.66. The van der Waals surface area contributed by atoms with Crippen molar-refractivity contribution in [2.24, 2.45) is 0 Å². The number of aromatic nitrogens is 1. The van der Waals surface area contributed by atoms with Crippen LogP contribution in [0.1, 0.15) is 6.42 Å². The van der Waals surface area contributed by atoms with Gasteiger partial charge in [-0.15, -0.1) is 0 Å². The Labute approximate surface area is 108 Å². The van der Waals surface area contributed by atoms with Crippen LogP contribution in [0.2, 0.25) is 5.02 Å². The molecule has 1 heterocycles. The Hall–Kier alpha value is -0.450. The molecule has 5 heteroatoms. The lowest BCUT2D eigenvalue weighted by atomic mass is 10.3. The van der Waals surface area contributed by atoms with Crippen LogP contribution in [0.25, 0.3) is 10.2 Å². The van der Waals surface area contributed by atoms with Gasteiger partial charge < -0.3 is 5.32 Å². The molecule has 1 aromatic heterocycles. The molecule has 1 N–H and O–H groups in total. The number of rotatable bonds is 5. The van der Waals surface area contributed by atoms with Crippen LogP contribution in [-0.4, -0.2) is 23.5 Å². The van der Waals surface area contributed by atoms with Gasteiger partial charge in [0.15, 0.2) is 5.13 Å². The molecule has 1 aromatic carbocycles. The molecular formula is C11H13ClN2S2. The van der Waals surface area contributed by atoms with Gasteiger partial charge in [0.05, 0.1) is 10.2 Å². The molecule has 2 aromatic rings. The van der Waals surface area contributed by atoms with Crippen molar-refractivity contribution in [3.05, 3.63) is 23.2 Å². The third-order valence-electron chi connectivity index (χ3n) is 2.15. The standard InChI is InChI=1S/C11H13ClN2S2/c1-15-6-2-5-13-11-14-9-7-8(12)3-4-10(9)16-11/h3-4,7H,2,5-6H2,1H3,(H,13,14). The fourth-order valence-electron chi connectivity index (χ4n) is 1.39. The predicted octanol–water partition coefficient (Wildman–Crippen LogP) is 4.11. The van der Waals surface area contributed by atoms with E-state index >= 15 is 0 Å². The van der Waals surface area contributed by atoms with Crippen LogP contribution < -0.4 is 5.32 Å². The molecule has 0 unspecified atom stereocenters. The van der Waals surface area contributed by atoms with Gasteiger partial charge in [-0.25, -0.2) is 4.98 Å². The molecule has 0 amide bonds. The van der Waals surface area contributed by atoms with Crippen LogP contribution in [0, 0.1) is 0 Å². The summed E-state index contributed by atoms with van der Waals surface area (Å²) in [6, 6.07) is 5.82. The van der Waals surface area contributed by atoms with Gasteiger partial charge in [0.25, 0.3) is 0 Å². The van der Waals surface area contributed by atoms with Crippen molar-refractivity contribution in [3.63, 3.8) is 0 Å². The third-order valence-corrected chi connectivity index (χ3v) is 4.08. The normalized spacial score (nSPS) is 10.9. The highest BCUT2D eigenvalue weighted by Crippen LogP contribution is 2.27. The summed E-state index contributed by atoms with van der Waals surface area (Å²) in [5.41, 5.74) is 0.977. The quantitative estimate of drug-likeness (QED) is 0.829. The minimum atomic E-state index is 0.742. The fourth-order valence-corrected chi connectivity index (χ4v) is 2.86. The molecule has 86 valence electrons. The summed E-state index contributed by atoms with van der Waals surface area (Å²) in [7, 11) is 0. The number of hydrogen-bond donors (Lipinski definition) is 1. The van der Waals surface area contributed by atoms with E-state index in [1.807, 2.05) is 30.0 Å². The molecule has 0 fully saturated rings. The number of halogens is 1. The van der Waals surface area contributed by atoms with Crippen molar-refractivity contribution in [2.75, 3.05) is 23.9 Å². The van der Waals surface area contributed by atoms with Crippen LogP contribution in [0.3, 0.4) is 0 Å². The van der Waals surface area contributed by atoms with E-state index in [0.29, 0.717) is 0 Å². The van der Waals surface area contributed by atoms with Crippen molar-refractivity contribution < 1.29 is 0 Å². The van der Waals surface area contributed by atoms with Crippen molar-refractivity contribution in [1.29, 1.82) is 0 Å². The molecule has 2 nitrogen and oxygen atoms in total. The number of anilines is 1. The number of hydrogen-bond acceptors (Lipinski definition) is 4. The first-order valence-electron chi connectivity index (χ1n) is 5.08. The highest BCUT2D eigenvalue weighted by Gasteiger charge is 2.03. The summed E-state index contributed by atoms with van der Waals surface area (Å²) in [5.74, 6) is 1.18. The molecule has 0 bridgehead atoms. The topological polar surface area (TPSA) is 24.9 Å². The zero-order chi connectivity index (χ0) is 11.4. The first kappa shape index (κ1) is 12.0. The van der Waals surface area contributed by atoms with Crippen molar-refractivity contribution in [3.8, 4) is 0 Å². The van der Waals surface area contributed by atoms with Gasteiger partial charge in [-0.1, -0.05) is 22.9 Å². The second-order valence-electron chi connectivity index (χ2n) is 3.40.